The molecule has 0 bridgehead atoms. The maximum Gasteiger partial charge on any atom is 0.418 e. The number of hydrogen-bond acceptors (Lipinski definition) is 6. The molecule has 10 nitrogen and oxygen atoms in total. The molecule has 260 valence electrons. The van der Waals surface area contributed by atoms with Crippen molar-refractivity contribution in [1.29, 1.82) is 0 Å². The van der Waals surface area contributed by atoms with Crippen molar-refractivity contribution < 1.29 is 27.5 Å². The van der Waals surface area contributed by atoms with Gasteiger partial charge in [0.05, 0.1) is 27.3 Å². The molecule has 0 aliphatic carbocycles. The number of nitrogens with one attached hydrogen (secondary N) is 1. The molecule has 2 amide bonds. The van der Waals surface area contributed by atoms with Crippen LogP contribution in [0.25, 0.3) is 11.0 Å². The Bertz CT molecular complexity index is 1690. The smallest absolute Gasteiger partial charge is 0.418 e. The number of aromatic amines is 1. The first-order valence-corrected chi connectivity index (χ1v) is 17.0. The first-order valence-electron chi connectivity index (χ1n) is 16.7. The number of carbonyl (C=O) groups excluding carboxylic acids is 2. The molecule has 1 atom stereocenters. The van der Waals surface area contributed by atoms with E-state index in [0.717, 1.165) is 55.9 Å². The molecule has 14 heteroatoms. The zero-order chi connectivity index (χ0) is 34.2. The predicted octanol–water partition coefficient (Wildman–Crippen LogP) is 5.55. The lowest BCUT2D eigenvalue weighted by Crippen LogP contribution is -2.49. The molecule has 0 spiro atoms. The second-order valence-electron chi connectivity index (χ2n) is 13.5. The molecule has 2 aromatic carbocycles. The van der Waals surface area contributed by atoms with E-state index in [0.29, 0.717) is 37.8 Å². The summed E-state index contributed by atoms with van der Waals surface area (Å²) in [6.45, 7) is 3.66. The highest BCUT2D eigenvalue weighted by Gasteiger charge is 2.38. The van der Waals surface area contributed by atoms with Crippen LogP contribution in [0.1, 0.15) is 55.7 Å². The average Bonchev–Trinajstić information content (AvgIpc) is 3.41. The number of benzene rings is 2. The van der Waals surface area contributed by atoms with E-state index in [1.165, 1.54) is 11.0 Å². The number of alkyl halides is 3. The summed E-state index contributed by atoms with van der Waals surface area (Å²) >= 11 is 6.10. The predicted molar refractivity (Wildman–Crippen MR) is 177 cm³/mol. The monoisotopic (exact) mass is 690 g/mol. The number of piperidine rings is 3. The highest BCUT2D eigenvalue weighted by molar-refractivity contribution is 6.33. The zero-order valence-electron chi connectivity index (χ0n) is 27.0. The summed E-state index contributed by atoms with van der Waals surface area (Å²) in [7, 11) is 2.12. The maximum absolute atomic E-state index is 14.0. The summed E-state index contributed by atoms with van der Waals surface area (Å²) in [4.78, 5) is 48.5. The average molecular weight is 691 g/mol. The van der Waals surface area contributed by atoms with Crippen LogP contribution in [-0.4, -0.2) is 88.7 Å². The molecule has 0 saturated carbocycles. The van der Waals surface area contributed by atoms with Crippen LogP contribution in [0.4, 0.5) is 23.7 Å². The van der Waals surface area contributed by atoms with Gasteiger partial charge in [0.25, 0.3) is 5.91 Å². The fraction of sp³-hybridized carbons (Fsp3) is 0.559. The van der Waals surface area contributed by atoms with Crippen LogP contribution < -0.4 is 11.4 Å². The molecule has 0 unspecified atom stereocenters. The van der Waals surface area contributed by atoms with E-state index in [-0.39, 0.29) is 41.8 Å². The molecule has 0 radical (unpaired) electrons. The van der Waals surface area contributed by atoms with Crippen molar-refractivity contribution in [2.75, 3.05) is 52.0 Å². The van der Waals surface area contributed by atoms with Crippen LogP contribution in [0.2, 0.25) is 5.02 Å². The van der Waals surface area contributed by atoms with Crippen LogP contribution in [0.5, 0.6) is 0 Å². The molecule has 48 heavy (non-hydrogen) atoms. The van der Waals surface area contributed by atoms with Crippen molar-refractivity contribution in [3.8, 4) is 0 Å². The number of nitrogens with zero attached hydrogens (tertiary/aromatic N) is 4. The number of halogens is 4. The Kier molecular flexibility index (Phi) is 9.98. The normalized spacial score (nSPS) is 19.9. The number of anilines is 1. The number of H-pyrrole nitrogens is 1. The van der Waals surface area contributed by atoms with Gasteiger partial charge in [-0.15, -0.1) is 0 Å². The maximum atomic E-state index is 14.0. The third-order valence-electron chi connectivity index (χ3n) is 10.4. The molecule has 3 saturated heterocycles. The number of carbonyl (C=O) groups is 2. The molecule has 3 aliphatic rings. The van der Waals surface area contributed by atoms with E-state index in [1.807, 2.05) is 24.3 Å². The minimum absolute atomic E-state index is 0.0892. The minimum Gasteiger partial charge on any atom is -0.436 e. The number of hydrogen-bond donors (Lipinski definition) is 2. The summed E-state index contributed by atoms with van der Waals surface area (Å²) in [6, 6.07) is 9.42. The van der Waals surface area contributed by atoms with Gasteiger partial charge in [-0.2, -0.15) is 13.2 Å². The number of rotatable bonds is 6. The number of fused-ring (bicyclic) bond motifs is 1. The molecule has 6 rings (SSSR count). The van der Waals surface area contributed by atoms with Crippen molar-refractivity contribution in [3.05, 3.63) is 63.0 Å². The van der Waals surface area contributed by atoms with Gasteiger partial charge in [-0.3, -0.25) is 9.36 Å². The number of likely N-dealkylation sites (tertiary alicyclic amines) is 3. The highest BCUT2D eigenvalue weighted by atomic mass is 35.5. The third-order valence-corrected chi connectivity index (χ3v) is 10.7. The summed E-state index contributed by atoms with van der Waals surface area (Å²) in [5, 5.41) is -0.286. The Labute approximate surface area is 281 Å². The molecule has 3 N–H and O–H groups in total. The van der Waals surface area contributed by atoms with E-state index >= 15 is 0 Å². The van der Waals surface area contributed by atoms with Crippen LogP contribution in [0.15, 0.2) is 41.2 Å². The second-order valence-corrected chi connectivity index (χ2v) is 13.9. The van der Waals surface area contributed by atoms with Crippen molar-refractivity contribution in [1.82, 2.24) is 24.3 Å². The van der Waals surface area contributed by atoms with Crippen molar-refractivity contribution >= 4 is 40.3 Å². The summed E-state index contributed by atoms with van der Waals surface area (Å²) in [6.07, 6.45) is -2.24. The number of nitrogens with two attached hydrogens (primary N) is 1. The molecule has 1 aromatic heterocycles. The van der Waals surface area contributed by atoms with Gasteiger partial charge in [0, 0.05) is 38.6 Å². The first kappa shape index (κ1) is 34.2. The lowest BCUT2D eigenvalue weighted by molar-refractivity contribution is -0.142. The van der Waals surface area contributed by atoms with E-state index in [1.54, 1.807) is 9.47 Å². The number of imidazole rings is 1. The molecular weight excluding hydrogens is 649 g/mol. The second kappa shape index (κ2) is 14.0. The van der Waals surface area contributed by atoms with Gasteiger partial charge >= 0.3 is 18.0 Å². The Morgan fingerprint density at radius 1 is 0.958 bits per heavy atom. The van der Waals surface area contributed by atoms with Gasteiger partial charge in [0.2, 0.25) is 0 Å². The van der Waals surface area contributed by atoms with Crippen molar-refractivity contribution in [3.63, 3.8) is 0 Å². The van der Waals surface area contributed by atoms with E-state index < -0.39 is 35.5 Å². The summed E-state index contributed by atoms with van der Waals surface area (Å²) in [5.41, 5.74) is 5.34. The van der Waals surface area contributed by atoms with Crippen molar-refractivity contribution in [2.45, 2.75) is 63.3 Å². The number of ether oxygens (including phenoxy) is 1. The van der Waals surface area contributed by atoms with Gasteiger partial charge in [0.1, 0.15) is 0 Å². The third kappa shape index (κ3) is 7.31. The lowest BCUT2D eigenvalue weighted by atomic mass is 9.79. The van der Waals surface area contributed by atoms with Crippen LogP contribution in [0.3, 0.4) is 0 Å². The molecule has 3 aromatic rings. The first-order chi connectivity index (χ1) is 22.9. The van der Waals surface area contributed by atoms with Gasteiger partial charge in [-0.05, 0) is 100 Å². The highest BCUT2D eigenvalue weighted by Crippen LogP contribution is 2.38. The topological polar surface area (TPSA) is 117 Å². The van der Waals surface area contributed by atoms with Gasteiger partial charge in [-0.25, -0.2) is 9.59 Å². The summed E-state index contributed by atoms with van der Waals surface area (Å²) < 4.78 is 48.9. The van der Waals surface area contributed by atoms with E-state index in [9.17, 15) is 27.6 Å². The summed E-state index contributed by atoms with van der Waals surface area (Å²) in [5.74, 6) is 0.666. The Hall–Kier alpha value is -3.71. The van der Waals surface area contributed by atoms with E-state index in [2.05, 4.69) is 16.9 Å². The number of amides is 2. The number of nitrogen functional groups attached to an aromatic ring is 1. The Balaban J connectivity index is 1.16. The fourth-order valence-electron chi connectivity index (χ4n) is 7.65. The lowest BCUT2D eigenvalue weighted by Gasteiger charge is -2.40. The number of para-hydroxylation sites is 2. The van der Waals surface area contributed by atoms with Gasteiger partial charge in [-0.1, -0.05) is 23.7 Å². The molecule has 3 fully saturated rings. The molecular formula is C34H42ClF3N6O4. The fourth-order valence-corrected chi connectivity index (χ4v) is 7.90. The molecule has 4 heterocycles. The van der Waals surface area contributed by atoms with Crippen LogP contribution in [-0.2, 0) is 22.1 Å². The SMILES string of the molecule is CN1CCC(C2CCN(C(=O)[C@@H](Cc3cc(Cl)c(N)c(C(F)(F)F)c3)OC(=O)N3CCC(n4c(=O)[nH]c5ccccc54)CC3)CC2)CC1. The van der Waals surface area contributed by atoms with Crippen molar-refractivity contribution in [2.24, 2.45) is 11.8 Å². The number of aromatic nitrogens is 2. The van der Waals surface area contributed by atoms with Gasteiger partial charge in [0.15, 0.2) is 6.10 Å². The van der Waals surface area contributed by atoms with Crippen LogP contribution >= 0.6 is 11.6 Å². The van der Waals surface area contributed by atoms with E-state index in [4.69, 9.17) is 22.1 Å². The minimum atomic E-state index is -4.76. The van der Waals surface area contributed by atoms with Gasteiger partial charge < -0.3 is 30.2 Å². The largest absolute Gasteiger partial charge is 0.436 e. The standard InChI is InChI=1S/C34H42ClF3N6O4/c1-41-12-6-22(7-13-41)23-8-14-42(15-9-23)31(45)29(20-21-18-25(34(36,37)38)30(39)26(35)19-21)48-33(47)43-16-10-24(11-17-43)44-28-5-3-2-4-27(28)40-32(44)46/h2-5,18-19,22-24,29H,6-17,20,39H2,1H3,(H,40,46)/t29-/m1/s1. The quantitative estimate of drug-likeness (QED) is 0.328. The Morgan fingerprint density at radius 2 is 1.56 bits per heavy atom. The zero-order valence-corrected chi connectivity index (χ0v) is 27.7. The van der Waals surface area contributed by atoms with Crippen LogP contribution in [0, 0.1) is 11.8 Å². The molecule has 3 aliphatic heterocycles. The Morgan fingerprint density at radius 3 is 2.21 bits per heavy atom.